The van der Waals surface area contributed by atoms with Crippen molar-refractivity contribution >= 4 is 22.1 Å². The Hall–Kier alpha value is -2.44. The molecule has 2 unspecified atom stereocenters. The van der Waals surface area contributed by atoms with Gasteiger partial charge in [-0.2, -0.15) is 4.31 Å². The number of carbonyl (C=O) groups excluding carboxylic acids is 1. The number of hydrogen-bond acceptors (Lipinski definition) is 4. The summed E-state index contributed by atoms with van der Waals surface area (Å²) in [5, 5.41) is 0. The SMILES string of the molecule is CC1CC(C)CN(S(=O)(=O)c2ccc(C(=O)OC/C=C/c3ccccc3)cc2)C1. The molecular weight excluding hydrogens is 386 g/mol. The Kier molecular flexibility index (Phi) is 6.87. The molecule has 1 heterocycles. The van der Waals surface area contributed by atoms with E-state index < -0.39 is 16.0 Å². The molecule has 5 nitrogen and oxygen atoms in total. The van der Waals surface area contributed by atoms with Crippen molar-refractivity contribution in [2.24, 2.45) is 11.8 Å². The minimum Gasteiger partial charge on any atom is -0.458 e. The van der Waals surface area contributed by atoms with E-state index in [1.54, 1.807) is 10.4 Å². The van der Waals surface area contributed by atoms with E-state index in [2.05, 4.69) is 13.8 Å². The van der Waals surface area contributed by atoms with Gasteiger partial charge in [0.2, 0.25) is 10.0 Å². The van der Waals surface area contributed by atoms with Crippen LogP contribution >= 0.6 is 0 Å². The van der Waals surface area contributed by atoms with E-state index in [9.17, 15) is 13.2 Å². The molecule has 0 radical (unpaired) electrons. The molecule has 0 bridgehead atoms. The molecule has 1 aliphatic heterocycles. The number of carbonyl (C=O) groups is 1. The summed E-state index contributed by atoms with van der Waals surface area (Å²) in [6.07, 6.45) is 4.68. The Morgan fingerprint density at radius 3 is 2.28 bits per heavy atom. The van der Waals surface area contributed by atoms with Gasteiger partial charge in [-0.05, 0) is 54.2 Å². The lowest BCUT2D eigenvalue weighted by Crippen LogP contribution is -2.42. The highest BCUT2D eigenvalue weighted by atomic mass is 32.2. The largest absolute Gasteiger partial charge is 0.458 e. The first-order valence-electron chi connectivity index (χ1n) is 9.85. The fourth-order valence-corrected chi connectivity index (χ4v) is 5.35. The predicted octanol–water partition coefficient (Wildman–Crippen LogP) is 4.22. The normalized spacial score (nSPS) is 20.6. The lowest BCUT2D eigenvalue weighted by molar-refractivity contribution is 0.0550. The third-order valence-electron chi connectivity index (χ3n) is 4.98. The second kappa shape index (κ2) is 9.37. The molecule has 154 valence electrons. The van der Waals surface area contributed by atoms with Gasteiger partial charge in [0.05, 0.1) is 10.5 Å². The summed E-state index contributed by atoms with van der Waals surface area (Å²) < 4.78 is 32.6. The number of esters is 1. The van der Waals surface area contributed by atoms with Gasteiger partial charge >= 0.3 is 5.97 Å². The highest BCUT2D eigenvalue weighted by molar-refractivity contribution is 7.89. The molecule has 29 heavy (non-hydrogen) atoms. The number of ether oxygens (including phenoxy) is 1. The second-order valence-corrected chi connectivity index (χ2v) is 9.64. The summed E-state index contributed by atoms with van der Waals surface area (Å²) in [6, 6.07) is 15.7. The smallest absolute Gasteiger partial charge is 0.338 e. The quantitative estimate of drug-likeness (QED) is 0.665. The molecule has 3 rings (SSSR count). The van der Waals surface area contributed by atoms with E-state index in [-0.39, 0.29) is 11.5 Å². The van der Waals surface area contributed by atoms with Crippen molar-refractivity contribution < 1.29 is 17.9 Å². The molecule has 0 N–H and O–H groups in total. The topological polar surface area (TPSA) is 63.7 Å². The fourth-order valence-electron chi connectivity index (χ4n) is 3.67. The third kappa shape index (κ3) is 5.55. The summed E-state index contributed by atoms with van der Waals surface area (Å²) in [5.74, 6) is 0.199. The van der Waals surface area contributed by atoms with Gasteiger partial charge in [-0.3, -0.25) is 0 Å². The van der Waals surface area contributed by atoms with Gasteiger partial charge in [0.1, 0.15) is 6.61 Å². The van der Waals surface area contributed by atoms with E-state index in [4.69, 9.17) is 4.74 Å². The van der Waals surface area contributed by atoms with Crippen molar-refractivity contribution in [2.45, 2.75) is 25.2 Å². The summed E-state index contributed by atoms with van der Waals surface area (Å²) >= 11 is 0. The highest BCUT2D eigenvalue weighted by Gasteiger charge is 2.31. The van der Waals surface area contributed by atoms with Crippen LogP contribution in [0.3, 0.4) is 0 Å². The number of nitrogens with zero attached hydrogens (tertiary/aromatic N) is 1. The van der Waals surface area contributed by atoms with Crippen LogP contribution in [0, 0.1) is 11.8 Å². The van der Waals surface area contributed by atoms with Crippen LogP contribution in [-0.2, 0) is 14.8 Å². The lowest BCUT2D eigenvalue weighted by Gasteiger charge is -2.34. The zero-order chi connectivity index (χ0) is 20.9. The number of piperidine rings is 1. The molecule has 0 spiro atoms. The van der Waals surface area contributed by atoms with Crippen molar-refractivity contribution in [1.82, 2.24) is 4.31 Å². The molecule has 0 aliphatic carbocycles. The molecule has 1 aliphatic rings. The van der Waals surface area contributed by atoms with Crippen LogP contribution in [0.2, 0.25) is 0 Å². The van der Waals surface area contributed by atoms with Crippen molar-refractivity contribution in [3.8, 4) is 0 Å². The molecule has 0 amide bonds. The van der Waals surface area contributed by atoms with Crippen LogP contribution in [0.1, 0.15) is 36.2 Å². The lowest BCUT2D eigenvalue weighted by atomic mass is 9.94. The molecule has 2 aromatic carbocycles. The molecule has 2 aromatic rings. The van der Waals surface area contributed by atoms with Gasteiger partial charge in [-0.15, -0.1) is 0 Å². The monoisotopic (exact) mass is 413 g/mol. The molecule has 1 saturated heterocycles. The molecule has 1 fully saturated rings. The molecule has 2 atom stereocenters. The molecule has 0 saturated carbocycles. The maximum absolute atomic E-state index is 12.9. The first kappa shape index (κ1) is 21.3. The van der Waals surface area contributed by atoms with Gasteiger partial charge in [0, 0.05) is 13.1 Å². The van der Waals surface area contributed by atoms with E-state index in [0.717, 1.165) is 12.0 Å². The van der Waals surface area contributed by atoms with Crippen molar-refractivity contribution in [3.63, 3.8) is 0 Å². The number of sulfonamides is 1. The average molecular weight is 414 g/mol. The Morgan fingerprint density at radius 1 is 1.03 bits per heavy atom. The predicted molar refractivity (Wildman–Crippen MR) is 114 cm³/mol. The van der Waals surface area contributed by atoms with E-state index in [1.165, 1.54) is 24.3 Å². The van der Waals surface area contributed by atoms with Crippen molar-refractivity contribution in [3.05, 3.63) is 71.8 Å². The Morgan fingerprint density at radius 2 is 1.66 bits per heavy atom. The minimum absolute atomic E-state index is 0.150. The number of rotatable bonds is 6. The van der Waals surface area contributed by atoms with Gasteiger partial charge in [-0.25, -0.2) is 13.2 Å². The Bertz CT molecular complexity index is 942. The van der Waals surface area contributed by atoms with E-state index >= 15 is 0 Å². The van der Waals surface area contributed by atoms with Crippen LogP contribution in [0.5, 0.6) is 0 Å². The zero-order valence-electron chi connectivity index (χ0n) is 16.8. The van der Waals surface area contributed by atoms with Gasteiger partial charge in [0.15, 0.2) is 0 Å². The summed E-state index contributed by atoms with van der Waals surface area (Å²) in [7, 11) is -3.55. The van der Waals surface area contributed by atoms with E-state index in [1.807, 2.05) is 36.4 Å². The zero-order valence-corrected chi connectivity index (χ0v) is 17.6. The van der Waals surface area contributed by atoms with Crippen molar-refractivity contribution in [2.75, 3.05) is 19.7 Å². The maximum atomic E-state index is 12.9. The molecular formula is C23H27NO4S. The Labute approximate surface area is 173 Å². The van der Waals surface area contributed by atoms with Crippen molar-refractivity contribution in [1.29, 1.82) is 0 Å². The summed E-state index contributed by atoms with van der Waals surface area (Å²) in [4.78, 5) is 12.4. The molecule has 0 aromatic heterocycles. The van der Waals surface area contributed by atoms with Crippen LogP contribution in [-0.4, -0.2) is 38.4 Å². The Balaban J connectivity index is 1.60. The van der Waals surface area contributed by atoms with Crippen LogP contribution < -0.4 is 0 Å². The summed E-state index contributed by atoms with van der Waals surface area (Å²) in [5.41, 5.74) is 1.36. The summed E-state index contributed by atoms with van der Waals surface area (Å²) in [6.45, 7) is 5.36. The number of benzene rings is 2. The van der Waals surface area contributed by atoms with Gasteiger partial charge in [-0.1, -0.05) is 50.3 Å². The third-order valence-corrected chi connectivity index (χ3v) is 6.83. The maximum Gasteiger partial charge on any atom is 0.338 e. The van der Waals surface area contributed by atoms with Crippen LogP contribution in [0.4, 0.5) is 0 Å². The average Bonchev–Trinajstić information content (AvgIpc) is 2.71. The minimum atomic E-state index is -3.55. The first-order valence-corrected chi connectivity index (χ1v) is 11.3. The standard InChI is InChI=1S/C23H27NO4S/c1-18-15-19(2)17-24(16-18)29(26,27)22-12-10-21(11-13-22)23(25)28-14-6-9-20-7-4-3-5-8-20/h3-13,18-19H,14-17H2,1-2H3/b9-6+. The van der Waals surface area contributed by atoms with Gasteiger partial charge < -0.3 is 4.74 Å². The number of hydrogen-bond donors (Lipinski definition) is 0. The van der Waals surface area contributed by atoms with Crippen LogP contribution in [0.15, 0.2) is 65.6 Å². The molecule has 6 heteroatoms. The second-order valence-electron chi connectivity index (χ2n) is 7.70. The fraction of sp³-hybridized carbons (Fsp3) is 0.348. The van der Waals surface area contributed by atoms with Gasteiger partial charge in [0.25, 0.3) is 0 Å². The van der Waals surface area contributed by atoms with Crippen LogP contribution in [0.25, 0.3) is 6.08 Å². The highest BCUT2D eigenvalue weighted by Crippen LogP contribution is 2.26. The first-order chi connectivity index (χ1) is 13.9. The van der Waals surface area contributed by atoms with E-state index in [0.29, 0.717) is 30.5 Å².